The first-order valence-electron chi connectivity index (χ1n) is 5.30. The first-order valence-corrected chi connectivity index (χ1v) is 7.12. The summed E-state index contributed by atoms with van der Waals surface area (Å²) in [4.78, 5) is 11.6. The predicted molar refractivity (Wildman–Crippen MR) is 64.4 cm³/mol. The standard InChI is InChI=1S/C11H14N2O3S/c1-2-17(15,16)8-4-7-13-6-3-5-10(9-12)11(13)14/h3,5-6H,2,4,7-8H2,1H3. The smallest absolute Gasteiger partial charge is 0.268 e. The van der Waals surface area contributed by atoms with Crippen LogP contribution in [0.5, 0.6) is 0 Å². The zero-order chi connectivity index (χ0) is 12.9. The monoisotopic (exact) mass is 254 g/mol. The van der Waals surface area contributed by atoms with Gasteiger partial charge in [0.1, 0.15) is 21.5 Å². The van der Waals surface area contributed by atoms with Gasteiger partial charge in [-0.15, -0.1) is 0 Å². The molecule has 0 bridgehead atoms. The molecule has 0 fully saturated rings. The van der Waals surface area contributed by atoms with Crippen molar-refractivity contribution in [1.29, 1.82) is 5.26 Å². The lowest BCUT2D eigenvalue weighted by molar-refractivity contribution is 0.585. The van der Waals surface area contributed by atoms with Crippen molar-refractivity contribution in [2.45, 2.75) is 19.9 Å². The molecule has 0 saturated heterocycles. The van der Waals surface area contributed by atoms with Crippen molar-refractivity contribution in [3.8, 4) is 6.07 Å². The van der Waals surface area contributed by atoms with Crippen LogP contribution in [0.3, 0.4) is 0 Å². The second-order valence-electron chi connectivity index (χ2n) is 3.62. The van der Waals surface area contributed by atoms with Gasteiger partial charge >= 0.3 is 0 Å². The lowest BCUT2D eigenvalue weighted by atomic mass is 10.3. The molecule has 0 radical (unpaired) electrons. The van der Waals surface area contributed by atoms with Crippen LogP contribution in [0, 0.1) is 11.3 Å². The van der Waals surface area contributed by atoms with Crippen LogP contribution >= 0.6 is 0 Å². The molecular weight excluding hydrogens is 240 g/mol. The summed E-state index contributed by atoms with van der Waals surface area (Å²) in [6, 6.07) is 4.85. The molecule has 1 heterocycles. The highest BCUT2D eigenvalue weighted by Crippen LogP contribution is 1.97. The Balaban J connectivity index is 2.72. The van der Waals surface area contributed by atoms with E-state index < -0.39 is 9.84 Å². The summed E-state index contributed by atoms with van der Waals surface area (Å²) >= 11 is 0. The maximum atomic E-state index is 11.6. The van der Waals surface area contributed by atoms with Gasteiger partial charge in [0, 0.05) is 18.5 Å². The topological polar surface area (TPSA) is 79.9 Å². The van der Waals surface area contributed by atoms with Crippen LogP contribution < -0.4 is 5.56 Å². The fraction of sp³-hybridized carbons (Fsp3) is 0.455. The fourth-order valence-electron chi connectivity index (χ4n) is 1.40. The summed E-state index contributed by atoms with van der Waals surface area (Å²) in [5.74, 6) is 0.173. The minimum atomic E-state index is -3.00. The Morgan fingerprint density at radius 3 is 2.76 bits per heavy atom. The maximum absolute atomic E-state index is 11.6. The Kier molecular flexibility index (Phi) is 4.46. The fourth-order valence-corrected chi connectivity index (χ4v) is 2.25. The van der Waals surface area contributed by atoms with Gasteiger partial charge in [-0.1, -0.05) is 6.92 Å². The average molecular weight is 254 g/mol. The van der Waals surface area contributed by atoms with Crippen LogP contribution in [-0.2, 0) is 16.4 Å². The quantitative estimate of drug-likeness (QED) is 0.768. The molecule has 0 saturated carbocycles. The third kappa shape index (κ3) is 3.71. The van der Waals surface area contributed by atoms with E-state index in [1.54, 1.807) is 25.3 Å². The van der Waals surface area contributed by atoms with Crippen molar-refractivity contribution in [3.63, 3.8) is 0 Å². The van der Waals surface area contributed by atoms with E-state index >= 15 is 0 Å². The molecule has 5 nitrogen and oxygen atoms in total. The molecule has 0 N–H and O–H groups in total. The molecule has 0 spiro atoms. The van der Waals surface area contributed by atoms with Crippen molar-refractivity contribution in [3.05, 3.63) is 34.2 Å². The van der Waals surface area contributed by atoms with Crippen molar-refractivity contribution in [1.82, 2.24) is 4.57 Å². The van der Waals surface area contributed by atoms with E-state index in [1.165, 1.54) is 10.6 Å². The molecule has 6 heteroatoms. The molecule has 0 aliphatic rings. The van der Waals surface area contributed by atoms with Crippen LogP contribution in [0.1, 0.15) is 18.9 Å². The summed E-state index contributed by atoms with van der Waals surface area (Å²) in [5, 5.41) is 8.68. The van der Waals surface area contributed by atoms with E-state index in [4.69, 9.17) is 5.26 Å². The maximum Gasteiger partial charge on any atom is 0.268 e. The largest absolute Gasteiger partial charge is 0.314 e. The van der Waals surface area contributed by atoms with Crippen molar-refractivity contribution < 1.29 is 8.42 Å². The molecule has 0 unspecified atom stereocenters. The lowest BCUT2D eigenvalue weighted by Crippen LogP contribution is -2.23. The molecule has 0 atom stereocenters. The highest BCUT2D eigenvalue weighted by Gasteiger charge is 2.07. The number of nitriles is 1. The number of aromatic nitrogens is 1. The van der Waals surface area contributed by atoms with E-state index in [0.29, 0.717) is 13.0 Å². The van der Waals surface area contributed by atoms with Crippen LogP contribution in [-0.4, -0.2) is 24.5 Å². The lowest BCUT2D eigenvalue weighted by Gasteiger charge is -2.05. The van der Waals surface area contributed by atoms with Gasteiger partial charge in [0.25, 0.3) is 5.56 Å². The van der Waals surface area contributed by atoms with E-state index in [0.717, 1.165) is 0 Å². The first kappa shape index (κ1) is 13.5. The van der Waals surface area contributed by atoms with Gasteiger partial charge in [0.05, 0.1) is 5.75 Å². The molecule has 0 aliphatic carbocycles. The molecule has 92 valence electrons. The Labute approximate surface area is 100 Å². The highest BCUT2D eigenvalue weighted by atomic mass is 32.2. The van der Waals surface area contributed by atoms with E-state index in [1.807, 2.05) is 0 Å². The van der Waals surface area contributed by atoms with Gasteiger partial charge < -0.3 is 4.57 Å². The SMILES string of the molecule is CCS(=O)(=O)CCCn1cccc(C#N)c1=O. The van der Waals surface area contributed by atoms with Crippen molar-refractivity contribution in [2.75, 3.05) is 11.5 Å². The number of rotatable bonds is 5. The Bertz CT molecular complexity index is 581. The molecule has 0 amide bonds. The molecular formula is C11H14N2O3S. The van der Waals surface area contributed by atoms with Crippen LogP contribution in [0.15, 0.2) is 23.1 Å². The van der Waals surface area contributed by atoms with Crippen LogP contribution in [0.4, 0.5) is 0 Å². The Morgan fingerprint density at radius 2 is 2.18 bits per heavy atom. The van der Waals surface area contributed by atoms with Crippen molar-refractivity contribution in [2.24, 2.45) is 0 Å². The van der Waals surface area contributed by atoms with Crippen LogP contribution in [0.25, 0.3) is 0 Å². The number of hydrogen-bond donors (Lipinski definition) is 0. The van der Waals surface area contributed by atoms with Gasteiger partial charge in [0.15, 0.2) is 0 Å². The molecule has 0 aliphatic heterocycles. The van der Waals surface area contributed by atoms with Gasteiger partial charge in [-0.3, -0.25) is 4.79 Å². The van der Waals surface area contributed by atoms with Gasteiger partial charge in [-0.2, -0.15) is 5.26 Å². The minimum Gasteiger partial charge on any atom is -0.314 e. The van der Waals surface area contributed by atoms with E-state index in [2.05, 4.69) is 0 Å². The number of pyridine rings is 1. The molecule has 1 aromatic heterocycles. The van der Waals surface area contributed by atoms with E-state index in [9.17, 15) is 13.2 Å². The van der Waals surface area contributed by atoms with Crippen molar-refractivity contribution >= 4 is 9.84 Å². The zero-order valence-corrected chi connectivity index (χ0v) is 10.4. The zero-order valence-electron chi connectivity index (χ0n) is 9.59. The Hall–Kier alpha value is -1.61. The normalized spacial score (nSPS) is 11.1. The summed E-state index contributed by atoms with van der Waals surface area (Å²) in [6.45, 7) is 1.91. The molecule has 0 aromatic carbocycles. The van der Waals surface area contributed by atoms with Gasteiger partial charge in [-0.05, 0) is 18.6 Å². The third-order valence-corrected chi connectivity index (χ3v) is 4.23. The summed E-state index contributed by atoms with van der Waals surface area (Å²) < 4.78 is 23.9. The summed E-state index contributed by atoms with van der Waals surface area (Å²) in [5.41, 5.74) is -0.297. The van der Waals surface area contributed by atoms with Crippen LogP contribution in [0.2, 0.25) is 0 Å². The second kappa shape index (κ2) is 5.64. The number of nitrogens with zero attached hydrogens (tertiary/aromatic N) is 2. The van der Waals surface area contributed by atoms with E-state index in [-0.39, 0.29) is 22.6 Å². The third-order valence-electron chi connectivity index (χ3n) is 2.43. The molecule has 1 aromatic rings. The number of aryl methyl sites for hydroxylation is 1. The molecule has 17 heavy (non-hydrogen) atoms. The summed E-state index contributed by atoms with van der Waals surface area (Å²) in [6.07, 6.45) is 1.94. The highest BCUT2D eigenvalue weighted by molar-refractivity contribution is 7.91. The predicted octanol–water partition coefficient (Wildman–Crippen LogP) is 0.545. The average Bonchev–Trinajstić information content (AvgIpc) is 2.31. The summed E-state index contributed by atoms with van der Waals surface area (Å²) in [7, 11) is -3.00. The number of hydrogen-bond acceptors (Lipinski definition) is 4. The second-order valence-corrected chi connectivity index (χ2v) is 6.09. The first-order chi connectivity index (χ1) is 8.00. The molecule has 1 rings (SSSR count). The minimum absolute atomic E-state index is 0.0622. The van der Waals surface area contributed by atoms with Gasteiger partial charge in [0.2, 0.25) is 0 Å². The Morgan fingerprint density at radius 1 is 1.47 bits per heavy atom. The van der Waals surface area contributed by atoms with Gasteiger partial charge in [-0.25, -0.2) is 8.42 Å². The number of sulfone groups is 1.